The summed E-state index contributed by atoms with van der Waals surface area (Å²) in [4.78, 5) is 0. The van der Waals surface area contributed by atoms with Gasteiger partial charge in [0, 0.05) is 0 Å². The Labute approximate surface area is 119 Å². The fraction of sp³-hybridized carbons (Fsp3) is 0.667. The largest absolute Gasteiger partial charge is 0.316 e. The molecule has 0 heterocycles. The minimum Gasteiger partial charge on any atom is -0.316 e. The summed E-state index contributed by atoms with van der Waals surface area (Å²) in [5, 5.41) is 3.62. The van der Waals surface area contributed by atoms with Crippen LogP contribution in [0.5, 0.6) is 0 Å². The predicted molar refractivity (Wildman–Crippen MR) is 85.7 cm³/mol. The van der Waals surface area contributed by atoms with Crippen molar-refractivity contribution >= 4 is 0 Å². The molecule has 1 unspecified atom stereocenters. The zero-order valence-corrected chi connectivity index (χ0v) is 13.4. The number of benzene rings is 1. The van der Waals surface area contributed by atoms with E-state index in [1.165, 1.54) is 36.0 Å². The van der Waals surface area contributed by atoms with Gasteiger partial charge in [-0.1, -0.05) is 45.4 Å². The van der Waals surface area contributed by atoms with E-state index in [-0.39, 0.29) is 0 Å². The fourth-order valence-electron chi connectivity index (χ4n) is 2.52. The molecule has 0 bridgehead atoms. The van der Waals surface area contributed by atoms with Crippen LogP contribution >= 0.6 is 0 Å². The van der Waals surface area contributed by atoms with Crippen molar-refractivity contribution in [2.45, 2.75) is 53.9 Å². The number of nitrogens with one attached hydrogen (secondary N) is 1. The summed E-state index contributed by atoms with van der Waals surface area (Å²) in [5.74, 6) is 1.51. The van der Waals surface area contributed by atoms with Crippen LogP contribution in [0.3, 0.4) is 0 Å². The van der Waals surface area contributed by atoms with Crippen LogP contribution in [0.15, 0.2) is 18.2 Å². The van der Waals surface area contributed by atoms with Crippen LogP contribution in [0.25, 0.3) is 0 Å². The quantitative estimate of drug-likeness (QED) is 0.726. The normalized spacial score (nSPS) is 12.9. The highest BCUT2D eigenvalue weighted by molar-refractivity contribution is 5.30. The van der Waals surface area contributed by atoms with E-state index in [2.05, 4.69) is 58.1 Å². The number of rotatable bonds is 8. The first-order chi connectivity index (χ1) is 9.02. The molecule has 0 aliphatic rings. The van der Waals surface area contributed by atoms with E-state index in [0.29, 0.717) is 0 Å². The van der Waals surface area contributed by atoms with Crippen LogP contribution in [-0.4, -0.2) is 13.1 Å². The summed E-state index contributed by atoms with van der Waals surface area (Å²) in [6, 6.07) is 6.92. The average molecular weight is 261 g/mol. The molecule has 0 fully saturated rings. The van der Waals surface area contributed by atoms with Crippen LogP contribution in [-0.2, 0) is 6.42 Å². The maximum atomic E-state index is 3.62. The summed E-state index contributed by atoms with van der Waals surface area (Å²) in [7, 11) is 0. The SMILES string of the molecule is CCCC(CNCC(C)C)Cc1ccc(C)c(C)c1. The third kappa shape index (κ3) is 6.24. The zero-order chi connectivity index (χ0) is 14.3. The van der Waals surface area contributed by atoms with Crippen LogP contribution in [0, 0.1) is 25.7 Å². The Bertz CT molecular complexity index is 368. The molecule has 108 valence electrons. The van der Waals surface area contributed by atoms with Gasteiger partial charge >= 0.3 is 0 Å². The Morgan fingerprint density at radius 1 is 1.05 bits per heavy atom. The van der Waals surface area contributed by atoms with Crippen molar-refractivity contribution in [1.29, 1.82) is 0 Å². The van der Waals surface area contributed by atoms with Gasteiger partial charge in [0.05, 0.1) is 0 Å². The Balaban J connectivity index is 2.54. The van der Waals surface area contributed by atoms with Crippen molar-refractivity contribution < 1.29 is 0 Å². The third-order valence-corrected chi connectivity index (χ3v) is 3.78. The first-order valence-corrected chi connectivity index (χ1v) is 7.79. The van der Waals surface area contributed by atoms with E-state index in [1.807, 2.05) is 0 Å². The molecule has 0 spiro atoms. The van der Waals surface area contributed by atoms with Gasteiger partial charge in [0.25, 0.3) is 0 Å². The summed E-state index contributed by atoms with van der Waals surface area (Å²) in [6.45, 7) is 13.5. The first-order valence-electron chi connectivity index (χ1n) is 7.79. The second-order valence-corrected chi connectivity index (χ2v) is 6.33. The maximum Gasteiger partial charge on any atom is -0.00172 e. The van der Waals surface area contributed by atoms with Crippen LogP contribution in [0.1, 0.15) is 50.3 Å². The van der Waals surface area contributed by atoms with Gasteiger partial charge in [-0.25, -0.2) is 0 Å². The maximum absolute atomic E-state index is 3.62. The van der Waals surface area contributed by atoms with E-state index in [9.17, 15) is 0 Å². The summed E-state index contributed by atoms with van der Waals surface area (Å²) >= 11 is 0. The van der Waals surface area contributed by atoms with Crippen molar-refractivity contribution in [1.82, 2.24) is 5.32 Å². The highest BCUT2D eigenvalue weighted by Crippen LogP contribution is 2.17. The second-order valence-electron chi connectivity index (χ2n) is 6.33. The number of hydrogen-bond acceptors (Lipinski definition) is 1. The van der Waals surface area contributed by atoms with Gasteiger partial charge in [0.1, 0.15) is 0 Å². The number of aryl methyl sites for hydroxylation is 2. The molecule has 1 heteroatoms. The Hall–Kier alpha value is -0.820. The lowest BCUT2D eigenvalue weighted by atomic mass is 9.93. The van der Waals surface area contributed by atoms with Gasteiger partial charge in [-0.3, -0.25) is 0 Å². The lowest BCUT2D eigenvalue weighted by Crippen LogP contribution is -2.27. The molecule has 1 aromatic rings. The summed E-state index contributed by atoms with van der Waals surface area (Å²) in [6.07, 6.45) is 3.80. The number of hydrogen-bond donors (Lipinski definition) is 1. The third-order valence-electron chi connectivity index (χ3n) is 3.78. The van der Waals surface area contributed by atoms with Crippen molar-refractivity contribution in [2.24, 2.45) is 11.8 Å². The molecule has 1 atom stereocenters. The molecule has 1 nitrogen and oxygen atoms in total. The van der Waals surface area contributed by atoms with E-state index >= 15 is 0 Å². The van der Waals surface area contributed by atoms with Gasteiger partial charge in [0.2, 0.25) is 0 Å². The van der Waals surface area contributed by atoms with Gasteiger partial charge in [-0.05, 0) is 68.3 Å². The molecule has 1 N–H and O–H groups in total. The van der Waals surface area contributed by atoms with E-state index in [1.54, 1.807) is 0 Å². The lowest BCUT2D eigenvalue weighted by Gasteiger charge is -2.18. The molecule has 0 aliphatic heterocycles. The van der Waals surface area contributed by atoms with Gasteiger partial charge in [0.15, 0.2) is 0 Å². The fourth-order valence-corrected chi connectivity index (χ4v) is 2.52. The molecule has 0 amide bonds. The molecule has 0 radical (unpaired) electrons. The summed E-state index contributed by atoms with van der Waals surface area (Å²) < 4.78 is 0. The second kappa shape index (κ2) is 8.37. The average Bonchev–Trinajstić information content (AvgIpc) is 2.33. The monoisotopic (exact) mass is 261 g/mol. The van der Waals surface area contributed by atoms with Gasteiger partial charge in [-0.2, -0.15) is 0 Å². The smallest absolute Gasteiger partial charge is 0.00172 e. The van der Waals surface area contributed by atoms with Crippen molar-refractivity contribution in [3.8, 4) is 0 Å². The molecule has 0 saturated heterocycles. The summed E-state index contributed by atoms with van der Waals surface area (Å²) in [5.41, 5.74) is 4.31. The molecular weight excluding hydrogens is 230 g/mol. The first kappa shape index (κ1) is 16.2. The topological polar surface area (TPSA) is 12.0 Å². The molecule has 0 aromatic heterocycles. The molecule has 19 heavy (non-hydrogen) atoms. The molecule has 0 aliphatic carbocycles. The molecule has 0 saturated carbocycles. The van der Waals surface area contributed by atoms with E-state index in [0.717, 1.165) is 24.9 Å². The molecular formula is C18H31N. The molecule has 1 aromatic carbocycles. The molecule has 1 rings (SSSR count). The Kier molecular flexibility index (Phi) is 7.15. The highest BCUT2D eigenvalue weighted by Gasteiger charge is 2.09. The van der Waals surface area contributed by atoms with Gasteiger partial charge < -0.3 is 5.32 Å². The predicted octanol–water partition coefficient (Wildman–Crippen LogP) is 4.51. The Morgan fingerprint density at radius 3 is 2.37 bits per heavy atom. The van der Waals surface area contributed by atoms with E-state index in [4.69, 9.17) is 0 Å². The van der Waals surface area contributed by atoms with Gasteiger partial charge in [-0.15, -0.1) is 0 Å². The standard InChI is InChI=1S/C18H31N/c1-6-7-18(13-19-12-14(2)3)11-17-9-8-15(4)16(5)10-17/h8-10,14,18-19H,6-7,11-13H2,1-5H3. The van der Waals surface area contributed by atoms with Crippen molar-refractivity contribution in [2.75, 3.05) is 13.1 Å². The van der Waals surface area contributed by atoms with Crippen LogP contribution < -0.4 is 5.32 Å². The highest BCUT2D eigenvalue weighted by atomic mass is 14.9. The van der Waals surface area contributed by atoms with Crippen LogP contribution in [0.4, 0.5) is 0 Å². The van der Waals surface area contributed by atoms with Crippen molar-refractivity contribution in [3.63, 3.8) is 0 Å². The Morgan fingerprint density at radius 2 is 1.79 bits per heavy atom. The zero-order valence-electron chi connectivity index (χ0n) is 13.4. The lowest BCUT2D eigenvalue weighted by molar-refractivity contribution is 0.421. The van der Waals surface area contributed by atoms with E-state index < -0.39 is 0 Å². The van der Waals surface area contributed by atoms with Crippen LogP contribution in [0.2, 0.25) is 0 Å². The minimum atomic E-state index is 0.740. The van der Waals surface area contributed by atoms with Crippen molar-refractivity contribution in [3.05, 3.63) is 34.9 Å². The minimum absolute atomic E-state index is 0.740.